The van der Waals surface area contributed by atoms with Gasteiger partial charge in [-0.25, -0.2) is 0 Å². The Labute approximate surface area is 90.0 Å². The Balaban J connectivity index is 3.39. The maximum Gasteiger partial charge on any atom is 0.320 e. The van der Waals surface area contributed by atoms with E-state index in [1.54, 1.807) is 0 Å². The van der Waals surface area contributed by atoms with Crippen LogP contribution >= 0.6 is 46.4 Å². The lowest BCUT2D eigenvalue weighted by atomic mass is 10.5. The smallest absolute Gasteiger partial charge is 0.0788 e. The molecule has 1 rings (SSSR count). The van der Waals surface area contributed by atoms with E-state index in [4.69, 9.17) is 46.4 Å². The predicted octanol–water partition coefficient (Wildman–Crippen LogP) is 3.00. The fourth-order valence-electron chi connectivity index (χ4n) is 0.698. The molecule has 0 aliphatic rings. The van der Waals surface area contributed by atoms with Gasteiger partial charge in [-0.2, -0.15) is 0 Å². The summed E-state index contributed by atoms with van der Waals surface area (Å²) < 4.78 is 1.47. The molecular formula is C6H5Cl4N2+. The number of hydrogen-bond acceptors (Lipinski definition) is 1. The Morgan fingerprint density at radius 3 is 2.25 bits per heavy atom. The highest BCUT2D eigenvalue weighted by Gasteiger charge is 2.20. The summed E-state index contributed by atoms with van der Waals surface area (Å²) in [6, 6.07) is 0. The van der Waals surface area contributed by atoms with Gasteiger partial charge in [-0.3, -0.25) is 0 Å². The number of aryl methyl sites for hydroxylation is 1. The van der Waals surface area contributed by atoms with E-state index in [1.165, 1.54) is 4.68 Å². The number of hydrogen-bond donors (Lipinski definition) is 0. The largest absolute Gasteiger partial charge is 0.320 e. The van der Waals surface area contributed by atoms with Crippen molar-refractivity contribution >= 4 is 46.4 Å². The maximum atomic E-state index is 5.80. The fraction of sp³-hybridized carbons (Fsp3) is 0.333. The minimum Gasteiger partial charge on any atom is -0.0788 e. The van der Waals surface area contributed by atoms with Gasteiger partial charge in [0.05, 0.1) is 0 Å². The molecular weight excluding hydrogens is 242 g/mol. The molecule has 0 aromatic carbocycles. The van der Waals surface area contributed by atoms with Gasteiger partial charge in [-0.15, -0.1) is 0 Å². The van der Waals surface area contributed by atoms with E-state index in [0.29, 0.717) is 11.7 Å². The molecule has 0 atom stereocenters. The van der Waals surface area contributed by atoms with Crippen LogP contribution in [0, 0.1) is 0 Å². The maximum absolute atomic E-state index is 5.80. The monoisotopic (exact) mass is 245 g/mol. The average Bonchev–Trinajstić information content (AvgIpc) is 2.08. The minimum absolute atomic E-state index is 0.160. The standard InChI is InChI=1S/C6H5Cl4N2/c1-2-12-6(10)4(8)3(7)5(9)11-12/h2H2,1H3/q+1. The van der Waals surface area contributed by atoms with Gasteiger partial charge in [0.2, 0.25) is 5.15 Å². The highest BCUT2D eigenvalue weighted by molar-refractivity contribution is 6.50. The molecule has 2 nitrogen and oxygen atoms in total. The molecule has 0 spiro atoms. The first-order valence-electron chi connectivity index (χ1n) is 3.18. The third-order valence-corrected chi connectivity index (χ3v) is 2.96. The first-order valence-corrected chi connectivity index (χ1v) is 4.69. The molecule has 0 aliphatic heterocycles. The molecule has 0 amide bonds. The third-order valence-electron chi connectivity index (χ3n) is 1.29. The molecule has 0 radical (unpaired) electrons. The number of rotatable bonds is 1. The molecule has 66 valence electrons. The highest BCUT2D eigenvalue weighted by atomic mass is 35.5. The molecule has 1 heterocycles. The molecule has 0 fully saturated rings. The average molecular weight is 247 g/mol. The van der Waals surface area contributed by atoms with Crippen LogP contribution in [0.25, 0.3) is 0 Å². The predicted molar refractivity (Wildman–Crippen MR) is 50.1 cm³/mol. The third kappa shape index (κ3) is 1.77. The van der Waals surface area contributed by atoms with Crippen LogP contribution in [0.15, 0.2) is 0 Å². The van der Waals surface area contributed by atoms with E-state index < -0.39 is 0 Å². The second kappa shape index (κ2) is 3.97. The van der Waals surface area contributed by atoms with Gasteiger partial charge in [0.1, 0.15) is 10.0 Å². The summed E-state index contributed by atoms with van der Waals surface area (Å²) in [5.74, 6) is 0. The summed E-state index contributed by atoms with van der Waals surface area (Å²) in [4.78, 5) is 0. The number of halogens is 4. The van der Waals surface area contributed by atoms with Crippen molar-refractivity contribution in [2.75, 3.05) is 0 Å². The molecule has 0 N–H and O–H groups in total. The van der Waals surface area contributed by atoms with Crippen molar-refractivity contribution in [2.45, 2.75) is 13.5 Å². The van der Waals surface area contributed by atoms with Gasteiger partial charge in [0, 0.05) is 5.10 Å². The van der Waals surface area contributed by atoms with Crippen molar-refractivity contribution in [3.63, 3.8) is 0 Å². The van der Waals surface area contributed by atoms with Crippen molar-refractivity contribution < 1.29 is 4.68 Å². The second-order valence-corrected chi connectivity index (χ2v) is 3.50. The van der Waals surface area contributed by atoms with E-state index in [-0.39, 0.29) is 15.2 Å². The molecule has 1 aromatic heterocycles. The van der Waals surface area contributed by atoms with E-state index >= 15 is 0 Å². The lowest BCUT2D eigenvalue weighted by molar-refractivity contribution is -0.748. The van der Waals surface area contributed by atoms with Crippen molar-refractivity contribution in [1.82, 2.24) is 5.10 Å². The zero-order valence-corrected chi connectivity index (χ0v) is 9.14. The molecule has 0 saturated heterocycles. The van der Waals surface area contributed by atoms with Crippen LogP contribution in [0.1, 0.15) is 6.92 Å². The zero-order valence-electron chi connectivity index (χ0n) is 6.11. The van der Waals surface area contributed by atoms with Gasteiger partial charge in [0.25, 0.3) is 0 Å². The Morgan fingerprint density at radius 1 is 1.17 bits per heavy atom. The van der Waals surface area contributed by atoms with Crippen LogP contribution in [-0.4, -0.2) is 5.10 Å². The number of nitrogens with zero attached hydrogens (tertiary/aromatic N) is 2. The summed E-state index contributed by atoms with van der Waals surface area (Å²) in [5, 5.41) is 4.77. The second-order valence-electron chi connectivity index (χ2n) is 2.03. The number of aromatic nitrogens is 2. The summed E-state index contributed by atoms with van der Waals surface area (Å²) in [5.41, 5.74) is 0. The summed E-state index contributed by atoms with van der Waals surface area (Å²) >= 11 is 22.9. The normalized spacial score (nSPS) is 10.4. The van der Waals surface area contributed by atoms with Crippen LogP contribution < -0.4 is 4.68 Å². The summed E-state index contributed by atoms with van der Waals surface area (Å²) in [6.45, 7) is 2.47. The van der Waals surface area contributed by atoms with Gasteiger partial charge < -0.3 is 0 Å². The Morgan fingerprint density at radius 2 is 1.75 bits per heavy atom. The van der Waals surface area contributed by atoms with Crippen LogP contribution in [0.2, 0.25) is 20.4 Å². The molecule has 0 unspecified atom stereocenters. The van der Waals surface area contributed by atoms with Gasteiger partial charge in [0.15, 0.2) is 6.54 Å². The van der Waals surface area contributed by atoms with Crippen molar-refractivity contribution in [3.8, 4) is 0 Å². The van der Waals surface area contributed by atoms with Crippen LogP contribution in [0.3, 0.4) is 0 Å². The van der Waals surface area contributed by atoms with Gasteiger partial charge in [-0.1, -0.05) is 39.5 Å². The van der Waals surface area contributed by atoms with Crippen LogP contribution in [0.4, 0.5) is 0 Å². The highest BCUT2D eigenvalue weighted by Crippen LogP contribution is 2.30. The molecule has 0 saturated carbocycles. The minimum atomic E-state index is 0.160. The van der Waals surface area contributed by atoms with Crippen molar-refractivity contribution in [2.24, 2.45) is 0 Å². The summed E-state index contributed by atoms with van der Waals surface area (Å²) in [7, 11) is 0. The van der Waals surface area contributed by atoms with Gasteiger partial charge >= 0.3 is 5.15 Å². The Bertz CT molecular complexity index is 313. The lowest BCUT2D eigenvalue weighted by Crippen LogP contribution is -2.38. The van der Waals surface area contributed by atoms with Crippen molar-refractivity contribution in [1.29, 1.82) is 0 Å². The molecule has 0 bridgehead atoms. The summed E-state index contributed by atoms with van der Waals surface area (Å²) in [6.07, 6.45) is 0. The Kier molecular flexibility index (Phi) is 3.41. The quantitative estimate of drug-likeness (QED) is 0.697. The van der Waals surface area contributed by atoms with E-state index in [9.17, 15) is 0 Å². The first kappa shape index (κ1) is 10.3. The molecule has 1 aromatic rings. The fourth-order valence-corrected chi connectivity index (χ4v) is 1.55. The van der Waals surface area contributed by atoms with Crippen LogP contribution in [-0.2, 0) is 6.54 Å². The lowest BCUT2D eigenvalue weighted by Gasteiger charge is -1.98. The molecule has 12 heavy (non-hydrogen) atoms. The molecule has 6 heteroatoms. The van der Waals surface area contributed by atoms with Gasteiger partial charge in [-0.05, 0) is 18.5 Å². The van der Waals surface area contributed by atoms with E-state index in [1.807, 2.05) is 6.92 Å². The SMILES string of the molecule is CC[n+]1nc(Cl)c(Cl)c(Cl)c1Cl. The topological polar surface area (TPSA) is 16.8 Å². The molecule has 0 aliphatic carbocycles. The first-order chi connectivity index (χ1) is 5.57. The zero-order chi connectivity index (χ0) is 9.30. The van der Waals surface area contributed by atoms with Crippen LogP contribution in [0.5, 0.6) is 0 Å². The van der Waals surface area contributed by atoms with E-state index in [2.05, 4.69) is 5.10 Å². The van der Waals surface area contributed by atoms with E-state index in [0.717, 1.165) is 0 Å². The van der Waals surface area contributed by atoms with Crippen molar-refractivity contribution in [3.05, 3.63) is 20.4 Å². The Hall–Kier alpha value is 0.240.